The maximum Gasteiger partial charge on any atom is 0.238 e. The number of hydrogen-bond acceptors (Lipinski definition) is 6. The van der Waals surface area contributed by atoms with Crippen LogP contribution in [0.25, 0.3) is 0 Å². The van der Waals surface area contributed by atoms with Gasteiger partial charge < -0.3 is 5.32 Å². The Morgan fingerprint density at radius 1 is 0.971 bits per heavy atom. The van der Waals surface area contributed by atoms with Gasteiger partial charge in [0, 0.05) is 37.3 Å². The highest BCUT2D eigenvalue weighted by Gasteiger charge is 2.17. The van der Waals surface area contributed by atoms with Crippen LogP contribution >= 0.6 is 11.8 Å². The molecule has 4 rings (SSSR count). The Hall–Kier alpha value is -3.18. The average Bonchev–Trinajstić information content (AvgIpc) is 3.09. The summed E-state index contributed by atoms with van der Waals surface area (Å²) in [4.78, 5) is 21.7. The van der Waals surface area contributed by atoms with Crippen LogP contribution in [0.1, 0.15) is 23.1 Å². The Labute approximate surface area is 205 Å². The summed E-state index contributed by atoms with van der Waals surface area (Å²) in [6.07, 6.45) is 2.83. The minimum Gasteiger partial charge on any atom is -0.325 e. The van der Waals surface area contributed by atoms with Crippen LogP contribution in [0.3, 0.4) is 0 Å². The molecule has 3 aromatic rings. The van der Waals surface area contributed by atoms with Gasteiger partial charge in [-0.1, -0.05) is 30.3 Å². The molecule has 2 aromatic carbocycles. The van der Waals surface area contributed by atoms with E-state index in [9.17, 15) is 4.79 Å². The number of thioether (sulfide) groups is 1. The van der Waals surface area contributed by atoms with Crippen LogP contribution in [0.2, 0.25) is 0 Å². The molecule has 0 saturated carbocycles. The van der Waals surface area contributed by atoms with Crippen molar-refractivity contribution in [1.29, 1.82) is 5.26 Å². The maximum absolute atomic E-state index is 12.7. The fourth-order valence-electron chi connectivity index (χ4n) is 4.02. The van der Waals surface area contributed by atoms with Crippen molar-refractivity contribution in [3.63, 3.8) is 0 Å². The van der Waals surface area contributed by atoms with E-state index in [-0.39, 0.29) is 5.91 Å². The standard InChI is InChI=1S/C27H29N5OS/c28-18-22-8-10-23(11-9-22)19-31-13-4-14-32(16-15-31)20-26(33)30-25-6-3-5-24(17-25)21-34-27-7-1-2-12-29-27/h1-3,5-12,17H,4,13-16,19-21H2,(H,30,33). The average molecular weight is 472 g/mol. The van der Waals surface area contributed by atoms with E-state index in [0.29, 0.717) is 12.1 Å². The molecule has 0 bridgehead atoms. The van der Waals surface area contributed by atoms with E-state index in [4.69, 9.17) is 5.26 Å². The van der Waals surface area contributed by atoms with Crippen molar-refractivity contribution in [2.24, 2.45) is 0 Å². The van der Waals surface area contributed by atoms with Crippen LogP contribution in [0.5, 0.6) is 0 Å². The van der Waals surface area contributed by atoms with Gasteiger partial charge in [-0.2, -0.15) is 5.26 Å². The van der Waals surface area contributed by atoms with Crippen molar-refractivity contribution in [2.75, 3.05) is 38.0 Å². The lowest BCUT2D eigenvalue weighted by molar-refractivity contribution is -0.117. The molecule has 0 atom stereocenters. The summed E-state index contributed by atoms with van der Waals surface area (Å²) < 4.78 is 0. The zero-order valence-corrected chi connectivity index (χ0v) is 20.0. The van der Waals surface area contributed by atoms with Gasteiger partial charge in [0.25, 0.3) is 0 Å². The van der Waals surface area contributed by atoms with Crippen molar-refractivity contribution in [3.8, 4) is 6.07 Å². The number of hydrogen-bond donors (Lipinski definition) is 1. The minimum absolute atomic E-state index is 0.0232. The van der Waals surface area contributed by atoms with Gasteiger partial charge in [-0.25, -0.2) is 4.98 Å². The Kier molecular flexibility index (Phi) is 8.69. The quantitative estimate of drug-likeness (QED) is 0.491. The van der Waals surface area contributed by atoms with Gasteiger partial charge in [0.1, 0.15) is 0 Å². The number of rotatable bonds is 8. The second kappa shape index (κ2) is 12.3. The molecule has 0 spiro atoms. The van der Waals surface area contributed by atoms with Gasteiger partial charge in [-0.15, -0.1) is 11.8 Å². The van der Waals surface area contributed by atoms with Crippen molar-refractivity contribution >= 4 is 23.4 Å². The molecule has 1 saturated heterocycles. The lowest BCUT2D eigenvalue weighted by Gasteiger charge is -2.21. The first-order valence-corrected chi connectivity index (χ1v) is 12.5. The molecule has 174 valence electrons. The Balaban J connectivity index is 1.23. The fourth-order valence-corrected chi connectivity index (χ4v) is 4.82. The first-order chi connectivity index (χ1) is 16.7. The third-order valence-corrected chi connectivity index (χ3v) is 6.79. The molecule has 1 aliphatic rings. The van der Waals surface area contributed by atoms with Crippen LogP contribution in [0.4, 0.5) is 5.69 Å². The first-order valence-electron chi connectivity index (χ1n) is 11.5. The normalized spacial score (nSPS) is 14.8. The van der Waals surface area contributed by atoms with Crippen molar-refractivity contribution in [3.05, 3.63) is 89.6 Å². The summed E-state index contributed by atoms with van der Waals surface area (Å²) in [6, 6.07) is 23.9. The van der Waals surface area contributed by atoms with E-state index in [1.54, 1.807) is 18.0 Å². The van der Waals surface area contributed by atoms with Crippen LogP contribution in [0.15, 0.2) is 78.0 Å². The van der Waals surface area contributed by atoms with Gasteiger partial charge in [0.15, 0.2) is 0 Å². The van der Waals surface area contributed by atoms with E-state index in [0.717, 1.165) is 61.2 Å². The molecular weight excluding hydrogens is 442 g/mol. The Morgan fingerprint density at radius 2 is 1.79 bits per heavy atom. The highest BCUT2D eigenvalue weighted by Crippen LogP contribution is 2.22. The molecule has 6 nitrogen and oxygen atoms in total. The van der Waals surface area contributed by atoms with Gasteiger partial charge >= 0.3 is 0 Å². The summed E-state index contributed by atoms with van der Waals surface area (Å²) in [5.41, 5.74) is 3.89. The maximum atomic E-state index is 12.7. The molecule has 1 fully saturated rings. The SMILES string of the molecule is N#Cc1ccc(CN2CCCN(CC(=O)Nc3cccc(CSc4ccccn4)c3)CC2)cc1. The van der Waals surface area contributed by atoms with Crippen LogP contribution in [0, 0.1) is 11.3 Å². The van der Waals surface area contributed by atoms with E-state index in [1.807, 2.05) is 60.7 Å². The summed E-state index contributed by atoms with van der Waals surface area (Å²) in [6.45, 7) is 4.98. The third-order valence-electron chi connectivity index (χ3n) is 5.77. The molecular formula is C27H29N5OS. The lowest BCUT2D eigenvalue weighted by Crippen LogP contribution is -2.36. The molecule has 1 amide bonds. The van der Waals surface area contributed by atoms with Crippen molar-refractivity contribution in [2.45, 2.75) is 23.7 Å². The van der Waals surface area contributed by atoms with Gasteiger partial charge in [-0.05, 0) is 67.0 Å². The van der Waals surface area contributed by atoms with Crippen LogP contribution < -0.4 is 5.32 Å². The molecule has 1 N–H and O–H groups in total. The number of carbonyl (C=O) groups is 1. The van der Waals surface area contributed by atoms with Crippen LogP contribution in [-0.2, 0) is 17.1 Å². The predicted molar refractivity (Wildman–Crippen MR) is 136 cm³/mol. The number of carbonyl (C=O) groups excluding carboxylic acids is 1. The largest absolute Gasteiger partial charge is 0.325 e. The number of benzene rings is 2. The third kappa shape index (κ3) is 7.42. The number of nitrogens with zero attached hydrogens (tertiary/aromatic N) is 4. The monoisotopic (exact) mass is 471 g/mol. The molecule has 1 aromatic heterocycles. The molecule has 0 unspecified atom stereocenters. The molecule has 1 aliphatic heterocycles. The van der Waals surface area contributed by atoms with Crippen molar-refractivity contribution < 1.29 is 4.79 Å². The fraction of sp³-hybridized carbons (Fsp3) is 0.296. The number of aromatic nitrogens is 1. The zero-order chi connectivity index (χ0) is 23.6. The predicted octanol–water partition coefficient (Wildman–Crippen LogP) is 4.39. The van der Waals surface area contributed by atoms with E-state index < -0.39 is 0 Å². The molecule has 0 aliphatic carbocycles. The summed E-state index contributed by atoms with van der Waals surface area (Å²) in [5, 5.41) is 13.0. The number of pyridine rings is 1. The minimum atomic E-state index is 0.0232. The number of anilines is 1. The Bertz CT molecular complexity index is 1110. The highest BCUT2D eigenvalue weighted by atomic mass is 32.2. The number of nitriles is 1. The van der Waals surface area contributed by atoms with E-state index >= 15 is 0 Å². The summed E-state index contributed by atoms with van der Waals surface area (Å²) in [5.74, 6) is 0.831. The number of amides is 1. The summed E-state index contributed by atoms with van der Waals surface area (Å²) in [7, 11) is 0. The van der Waals surface area contributed by atoms with Gasteiger partial charge in [0.05, 0.1) is 23.2 Å². The van der Waals surface area contributed by atoms with E-state index in [2.05, 4.69) is 32.2 Å². The number of nitrogens with one attached hydrogen (secondary N) is 1. The molecule has 34 heavy (non-hydrogen) atoms. The van der Waals surface area contributed by atoms with Crippen molar-refractivity contribution in [1.82, 2.24) is 14.8 Å². The second-order valence-electron chi connectivity index (χ2n) is 8.42. The Morgan fingerprint density at radius 3 is 2.59 bits per heavy atom. The van der Waals surface area contributed by atoms with Gasteiger partial charge in [0.2, 0.25) is 5.91 Å². The van der Waals surface area contributed by atoms with Crippen LogP contribution in [-0.4, -0.2) is 53.4 Å². The zero-order valence-electron chi connectivity index (χ0n) is 19.2. The molecule has 7 heteroatoms. The highest BCUT2D eigenvalue weighted by molar-refractivity contribution is 7.98. The topological polar surface area (TPSA) is 72.3 Å². The molecule has 0 radical (unpaired) electrons. The first kappa shape index (κ1) is 24.0. The summed E-state index contributed by atoms with van der Waals surface area (Å²) >= 11 is 1.68. The van der Waals surface area contributed by atoms with Gasteiger partial charge in [-0.3, -0.25) is 14.6 Å². The smallest absolute Gasteiger partial charge is 0.238 e. The lowest BCUT2D eigenvalue weighted by atomic mass is 10.1. The van der Waals surface area contributed by atoms with E-state index in [1.165, 1.54) is 5.56 Å². The molecule has 2 heterocycles. The second-order valence-corrected chi connectivity index (χ2v) is 9.42.